The van der Waals surface area contributed by atoms with E-state index in [1.54, 1.807) is 0 Å². The number of benzene rings is 1. The van der Waals surface area contributed by atoms with Gasteiger partial charge in [-0.25, -0.2) is 4.98 Å². The van der Waals surface area contributed by atoms with E-state index in [0.717, 1.165) is 35.9 Å². The van der Waals surface area contributed by atoms with Gasteiger partial charge in [0.25, 0.3) is 0 Å². The molecule has 0 saturated carbocycles. The van der Waals surface area contributed by atoms with Gasteiger partial charge in [-0.1, -0.05) is 30.7 Å². The van der Waals surface area contributed by atoms with Crippen molar-refractivity contribution in [2.75, 3.05) is 6.54 Å². The Morgan fingerprint density at radius 1 is 1.14 bits per heavy atom. The van der Waals surface area contributed by atoms with Crippen LogP contribution in [-0.2, 0) is 13.2 Å². The number of fused-ring (bicyclic) bond motifs is 1. The molecule has 0 radical (unpaired) electrons. The largest absolute Gasteiger partial charge is 0.486 e. The lowest BCUT2D eigenvalue weighted by Gasteiger charge is -2.05. The van der Waals surface area contributed by atoms with Crippen LogP contribution in [0, 0.1) is 6.92 Å². The summed E-state index contributed by atoms with van der Waals surface area (Å²) in [6.07, 6.45) is 2.03. The smallest absolute Gasteiger partial charge is 0.151 e. The van der Waals surface area contributed by atoms with Crippen LogP contribution in [0.25, 0.3) is 5.52 Å². The van der Waals surface area contributed by atoms with Crippen molar-refractivity contribution in [1.29, 1.82) is 0 Å². The maximum Gasteiger partial charge on any atom is 0.151 e. The fraction of sp³-hybridized carbons (Fsp3) is 0.278. The lowest BCUT2D eigenvalue weighted by Crippen LogP contribution is -2.12. The molecule has 0 aliphatic carbocycles. The average Bonchev–Trinajstić information content (AvgIpc) is 2.91. The summed E-state index contributed by atoms with van der Waals surface area (Å²) in [5.74, 6) is 1.79. The molecule has 3 aromatic rings. The molecule has 3 rings (SSSR count). The van der Waals surface area contributed by atoms with Gasteiger partial charge >= 0.3 is 0 Å². The number of aryl methyl sites for hydroxylation is 1. The minimum atomic E-state index is 0.459. The van der Waals surface area contributed by atoms with Crippen LogP contribution in [0.2, 0.25) is 0 Å². The predicted octanol–water partition coefficient (Wildman–Crippen LogP) is 3.33. The van der Waals surface area contributed by atoms with Gasteiger partial charge in [0, 0.05) is 12.7 Å². The molecule has 0 fully saturated rings. The summed E-state index contributed by atoms with van der Waals surface area (Å²) in [5, 5.41) is 3.33. The number of hydrogen-bond donors (Lipinski definition) is 1. The van der Waals surface area contributed by atoms with Crippen molar-refractivity contribution in [3.8, 4) is 5.75 Å². The summed E-state index contributed by atoms with van der Waals surface area (Å²) in [4.78, 5) is 4.73. The summed E-state index contributed by atoms with van der Waals surface area (Å²) in [7, 11) is 0. The summed E-state index contributed by atoms with van der Waals surface area (Å²) >= 11 is 0. The molecular weight excluding hydrogens is 274 g/mol. The Morgan fingerprint density at radius 2 is 1.95 bits per heavy atom. The SMILES string of the molecule is CCNCc1nc(COc2ccc(C)cc2)n2ccccc12. The van der Waals surface area contributed by atoms with E-state index >= 15 is 0 Å². The maximum atomic E-state index is 5.87. The molecule has 0 saturated heterocycles. The van der Waals surface area contributed by atoms with Gasteiger partial charge in [-0.3, -0.25) is 0 Å². The molecule has 0 amide bonds. The van der Waals surface area contributed by atoms with Crippen LogP contribution in [0.5, 0.6) is 5.75 Å². The Hall–Kier alpha value is -2.33. The number of rotatable bonds is 6. The van der Waals surface area contributed by atoms with Gasteiger partial charge in [0.1, 0.15) is 12.4 Å². The molecule has 1 aromatic carbocycles. The van der Waals surface area contributed by atoms with Crippen LogP contribution < -0.4 is 10.1 Å². The molecule has 4 heteroatoms. The van der Waals surface area contributed by atoms with Crippen LogP contribution in [0.3, 0.4) is 0 Å². The van der Waals surface area contributed by atoms with E-state index in [1.165, 1.54) is 5.56 Å². The summed E-state index contributed by atoms with van der Waals surface area (Å²) in [6, 6.07) is 14.2. The highest BCUT2D eigenvalue weighted by atomic mass is 16.5. The first-order chi connectivity index (χ1) is 10.8. The van der Waals surface area contributed by atoms with E-state index in [1.807, 2.05) is 30.5 Å². The van der Waals surface area contributed by atoms with Crippen molar-refractivity contribution in [3.63, 3.8) is 0 Å². The molecule has 114 valence electrons. The third-order valence-electron chi connectivity index (χ3n) is 3.63. The summed E-state index contributed by atoms with van der Waals surface area (Å²) < 4.78 is 7.97. The average molecular weight is 295 g/mol. The van der Waals surface area contributed by atoms with Gasteiger partial charge in [0.2, 0.25) is 0 Å². The molecule has 0 unspecified atom stereocenters. The number of aromatic nitrogens is 2. The zero-order valence-corrected chi connectivity index (χ0v) is 13.0. The summed E-state index contributed by atoms with van der Waals surface area (Å²) in [6.45, 7) is 6.33. The van der Waals surface area contributed by atoms with E-state index < -0.39 is 0 Å². The third-order valence-corrected chi connectivity index (χ3v) is 3.63. The second-order valence-corrected chi connectivity index (χ2v) is 5.31. The topological polar surface area (TPSA) is 38.6 Å². The second kappa shape index (κ2) is 6.62. The quantitative estimate of drug-likeness (QED) is 0.758. The molecule has 0 aliphatic rings. The number of nitrogens with one attached hydrogen (secondary N) is 1. The molecule has 2 aromatic heterocycles. The molecule has 0 spiro atoms. The molecule has 4 nitrogen and oxygen atoms in total. The monoisotopic (exact) mass is 295 g/mol. The van der Waals surface area contributed by atoms with Crippen LogP contribution in [0.1, 0.15) is 24.0 Å². The minimum absolute atomic E-state index is 0.459. The third kappa shape index (κ3) is 3.12. The zero-order chi connectivity index (χ0) is 15.4. The van der Waals surface area contributed by atoms with Gasteiger partial charge < -0.3 is 14.5 Å². The van der Waals surface area contributed by atoms with Crippen molar-refractivity contribution < 1.29 is 4.74 Å². The van der Waals surface area contributed by atoms with Crippen molar-refractivity contribution in [2.24, 2.45) is 0 Å². The minimum Gasteiger partial charge on any atom is -0.486 e. The van der Waals surface area contributed by atoms with Gasteiger partial charge in [-0.15, -0.1) is 0 Å². The Morgan fingerprint density at radius 3 is 2.73 bits per heavy atom. The highest BCUT2D eigenvalue weighted by Crippen LogP contribution is 2.17. The number of imidazole rings is 1. The van der Waals surface area contributed by atoms with Gasteiger partial charge in [-0.05, 0) is 37.7 Å². The van der Waals surface area contributed by atoms with Gasteiger partial charge in [0.15, 0.2) is 5.82 Å². The van der Waals surface area contributed by atoms with Crippen LogP contribution in [-0.4, -0.2) is 15.9 Å². The van der Waals surface area contributed by atoms with Gasteiger partial charge in [-0.2, -0.15) is 0 Å². The molecular formula is C18H21N3O. The first-order valence-corrected chi connectivity index (χ1v) is 7.63. The number of nitrogens with zero attached hydrogens (tertiary/aromatic N) is 2. The zero-order valence-electron chi connectivity index (χ0n) is 13.0. The Labute approximate surface area is 130 Å². The Kier molecular flexibility index (Phi) is 4.39. The Balaban J connectivity index is 1.82. The standard InChI is InChI=1S/C18H21N3O/c1-3-19-12-16-17-6-4-5-11-21(17)18(20-16)13-22-15-9-7-14(2)8-10-15/h4-11,19H,3,12-13H2,1-2H3. The first-order valence-electron chi connectivity index (χ1n) is 7.63. The molecule has 2 heterocycles. The fourth-order valence-electron chi connectivity index (χ4n) is 2.43. The number of ether oxygens (including phenoxy) is 1. The molecule has 1 N–H and O–H groups in total. The van der Waals surface area contributed by atoms with Crippen LogP contribution in [0.15, 0.2) is 48.7 Å². The van der Waals surface area contributed by atoms with E-state index in [-0.39, 0.29) is 0 Å². The number of hydrogen-bond acceptors (Lipinski definition) is 3. The van der Waals surface area contributed by atoms with Crippen molar-refractivity contribution >= 4 is 5.52 Å². The lowest BCUT2D eigenvalue weighted by atomic mass is 10.2. The molecule has 0 bridgehead atoms. The van der Waals surface area contributed by atoms with Crippen molar-refractivity contribution in [1.82, 2.24) is 14.7 Å². The fourth-order valence-corrected chi connectivity index (χ4v) is 2.43. The van der Waals surface area contributed by atoms with E-state index in [4.69, 9.17) is 9.72 Å². The highest BCUT2D eigenvalue weighted by Gasteiger charge is 2.10. The molecule has 0 atom stereocenters. The normalized spacial score (nSPS) is 11.0. The predicted molar refractivity (Wildman–Crippen MR) is 88.1 cm³/mol. The number of pyridine rings is 1. The van der Waals surface area contributed by atoms with Crippen LogP contribution >= 0.6 is 0 Å². The molecule has 22 heavy (non-hydrogen) atoms. The molecule has 0 aliphatic heterocycles. The van der Waals surface area contributed by atoms with E-state index in [9.17, 15) is 0 Å². The lowest BCUT2D eigenvalue weighted by molar-refractivity contribution is 0.295. The van der Waals surface area contributed by atoms with E-state index in [2.05, 4.69) is 41.8 Å². The van der Waals surface area contributed by atoms with E-state index in [0.29, 0.717) is 6.61 Å². The van der Waals surface area contributed by atoms with Crippen LogP contribution in [0.4, 0.5) is 0 Å². The van der Waals surface area contributed by atoms with Gasteiger partial charge in [0.05, 0.1) is 11.2 Å². The van der Waals surface area contributed by atoms with Crippen molar-refractivity contribution in [3.05, 3.63) is 65.7 Å². The second-order valence-electron chi connectivity index (χ2n) is 5.31. The summed E-state index contributed by atoms with van der Waals surface area (Å²) in [5.41, 5.74) is 3.42. The van der Waals surface area contributed by atoms with Crippen molar-refractivity contribution in [2.45, 2.75) is 27.0 Å². The first kappa shape index (κ1) is 14.6. The Bertz CT molecular complexity index is 747. The highest BCUT2D eigenvalue weighted by molar-refractivity contribution is 5.53. The maximum absolute atomic E-state index is 5.87.